The second-order valence-corrected chi connectivity index (χ2v) is 5.26. The summed E-state index contributed by atoms with van der Waals surface area (Å²) in [5, 5.41) is 0. The van der Waals surface area contributed by atoms with Crippen molar-refractivity contribution in [3.05, 3.63) is 24.4 Å². The lowest BCUT2D eigenvalue weighted by Crippen LogP contribution is -2.14. The van der Waals surface area contributed by atoms with E-state index >= 15 is 0 Å². The van der Waals surface area contributed by atoms with E-state index in [9.17, 15) is 0 Å². The highest BCUT2D eigenvalue weighted by atomic mass is 127. The predicted octanol–water partition coefficient (Wildman–Crippen LogP) is 4.78. The summed E-state index contributed by atoms with van der Waals surface area (Å²) in [6.07, 6.45) is 10.5. The number of halogens is 1. The lowest BCUT2D eigenvalue weighted by molar-refractivity contribution is 0.722. The highest BCUT2D eigenvalue weighted by Crippen LogP contribution is 2.16. The van der Waals surface area contributed by atoms with Gasteiger partial charge in [0.15, 0.2) is 0 Å². The van der Waals surface area contributed by atoms with Gasteiger partial charge in [0.1, 0.15) is 0 Å². The Morgan fingerprint density at radius 3 is 2.47 bits per heavy atom. The van der Waals surface area contributed by atoms with Crippen molar-refractivity contribution in [2.24, 2.45) is 10.9 Å². The van der Waals surface area contributed by atoms with Gasteiger partial charge in [-0.2, -0.15) is 0 Å². The lowest BCUT2D eigenvalue weighted by atomic mass is 9.98. The zero-order chi connectivity index (χ0) is 11.7. The Bertz CT molecular complexity index is 241. The fraction of sp³-hybridized carbons (Fsp3) is 0.615. The van der Waals surface area contributed by atoms with Crippen molar-refractivity contribution >= 4 is 28.3 Å². The van der Waals surface area contributed by atoms with Gasteiger partial charge < -0.3 is 0 Å². The van der Waals surface area contributed by atoms with Crippen LogP contribution >= 0.6 is 22.6 Å². The van der Waals surface area contributed by atoms with Crippen LogP contribution in [-0.2, 0) is 0 Å². The number of hydrogen-bond acceptors (Lipinski definition) is 1. The molecular weight excluding hydrogens is 297 g/mol. The average molecular weight is 319 g/mol. The first-order valence-electron chi connectivity index (χ1n) is 5.60. The minimum absolute atomic E-state index is 0.561. The third-order valence-corrected chi connectivity index (χ3v) is 3.23. The molecule has 0 rings (SSSR count). The van der Waals surface area contributed by atoms with E-state index in [4.69, 9.17) is 0 Å². The molecule has 0 spiro atoms. The summed E-state index contributed by atoms with van der Waals surface area (Å²) in [4.78, 5) is 4.53. The molecule has 0 aliphatic heterocycles. The minimum Gasteiger partial charge on any atom is -0.266 e. The molecule has 0 bridgehead atoms. The first-order valence-corrected chi connectivity index (χ1v) is 6.84. The maximum Gasteiger partial charge on any atom is 0.0341 e. The fourth-order valence-corrected chi connectivity index (χ4v) is 2.13. The van der Waals surface area contributed by atoms with Crippen molar-refractivity contribution in [2.45, 2.75) is 44.5 Å². The van der Waals surface area contributed by atoms with Crippen LogP contribution < -0.4 is 0 Å². The van der Waals surface area contributed by atoms with Crippen molar-refractivity contribution < 1.29 is 0 Å². The zero-order valence-electron chi connectivity index (χ0n) is 10.2. The Morgan fingerprint density at radius 2 is 2.00 bits per heavy atom. The largest absolute Gasteiger partial charge is 0.266 e. The van der Waals surface area contributed by atoms with Crippen molar-refractivity contribution in [3.63, 3.8) is 0 Å². The Kier molecular flexibility index (Phi) is 9.06. The smallest absolute Gasteiger partial charge is 0.0341 e. The highest BCUT2D eigenvalue weighted by molar-refractivity contribution is 14.1. The molecule has 0 aromatic carbocycles. The van der Waals surface area contributed by atoms with Crippen molar-refractivity contribution in [3.8, 4) is 0 Å². The molecule has 0 amide bonds. The predicted molar refractivity (Wildman–Crippen MR) is 78.9 cm³/mol. The molecule has 0 fully saturated rings. The third kappa shape index (κ3) is 6.88. The van der Waals surface area contributed by atoms with Gasteiger partial charge in [-0.05, 0) is 26.2 Å². The fourth-order valence-electron chi connectivity index (χ4n) is 1.26. The van der Waals surface area contributed by atoms with Crippen LogP contribution in [-0.4, -0.2) is 9.64 Å². The number of alkyl halides is 1. The summed E-state index contributed by atoms with van der Waals surface area (Å²) in [5.74, 6) is 0.587. The van der Waals surface area contributed by atoms with E-state index in [2.05, 4.69) is 60.5 Å². The molecule has 0 aromatic rings. The molecule has 1 nitrogen and oxygen atoms in total. The van der Waals surface area contributed by atoms with Gasteiger partial charge in [0.25, 0.3) is 0 Å². The Labute approximate surface area is 108 Å². The van der Waals surface area contributed by atoms with Gasteiger partial charge >= 0.3 is 0 Å². The molecule has 0 heterocycles. The van der Waals surface area contributed by atoms with Gasteiger partial charge in [0, 0.05) is 22.3 Å². The molecule has 0 aromatic heterocycles. The third-order valence-electron chi connectivity index (χ3n) is 2.38. The van der Waals surface area contributed by atoms with Gasteiger partial charge in [0.2, 0.25) is 0 Å². The summed E-state index contributed by atoms with van der Waals surface area (Å²) in [7, 11) is 0. The quantitative estimate of drug-likeness (QED) is 0.289. The van der Waals surface area contributed by atoms with E-state index in [0.717, 1.165) is 12.8 Å². The first kappa shape index (κ1) is 14.9. The molecule has 0 aliphatic rings. The second-order valence-electron chi connectivity index (χ2n) is 3.66. The van der Waals surface area contributed by atoms with Gasteiger partial charge in [-0.15, -0.1) is 0 Å². The van der Waals surface area contributed by atoms with E-state index in [1.165, 1.54) is 5.71 Å². The highest BCUT2D eigenvalue weighted by Gasteiger charge is 2.11. The average Bonchev–Trinajstić information content (AvgIpc) is 2.23. The summed E-state index contributed by atoms with van der Waals surface area (Å²) >= 11 is 2.47. The number of nitrogens with zero attached hydrogens (tertiary/aromatic N) is 1. The number of hydrogen-bond donors (Lipinski definition) is 0. The SMILES string of the molecule is C/C=C\N=C(/CC(I)/C=C\C)[C@@H](C)CC. The molecule has 2 heteroatoms. The van der Waals surface area contributed by atoms with Crippen LogP contribution in [0.5, 0.6) is 0 Å². The van der Waals surface area contributed by atoms with Crippen LogP contribution in [0.4, 0.5) is 0 Å². The summed E-state index contributed by atoms with van der Waals surface area (Å²) in [6, 6.07) is 0. The normalized spacial score (nSPS) is 17.5. The van der Waals surface area contributed by atoms with Crippen LogP contribution in [0, 0.1) is 5.92 Å². The first-order chi connectivity index (χ1) is 7.15. The molecule has 0 radical (unpaired) electrons. The van der Waals surface area contributed by atoms with Crippen molar-refractivity contribution in [2.75, 3.05) is 0 Å². The van der Waals surface area contributed by atoms with Crippen LogP contribution in [0.3, 0.4) is 0 Å². The number of aliphatic imine (C=N–C) groups is 1. The molecule has 0 saturated carbocycles. The molecule has 1 unspecified atom stereocenters. The molecule has 86 valence electrons. The second kappa shape index (κ2) is 9.13. The van der Waals surface area contributed by atoms with E-state index in [1.54, 1.807) is 0 Å². The van der Waals surface area contributed by atoms with Gasteiger partial charge in [-0.25, -0.2) is 0 Å². The lowest BCUT2D eigenvalue weighted by Gasteiger charge is -2.14. The summed E-state index contributed by atoms with van der Waals surface area (Å²) in [6.45, 7) is 8.54. The zero-order valence-corrected chi connectivity index (χ0v) is 12.4. The van der Waals surface area contributed by atoms with Crippen LogP contribution in [0.15, 0.2) is 29.4 Å². The van der Waals surface area contributed by atoms with Gasteiger partial charge in [0.05, 0.1) is 0 Å². The van der Waals surface area contributed by atoms with Crippen LogP contribution in [0.2, 0.25) is 0 Å². The molecule has 0 aliphatic carbocycles. The Hall–Kier alpha value is -0.120. The Balaban J connectivity index is 4.50. The topological polar surface area (TPSA) is 12.4 Å². The van der Waals surface area contributed by atoms with Crippen molar-refractivity contribution in [1.82, 2.24) is 0 Å². The monoisotopic (exact) mass is 319 g/mol. The minimum atomic E-state index is 0.561. The maximum atomic E-state index is 4.53. The van der Waals surface area contributed by atoms with Gasteiger partial charge in [-0.3, -0.25) is 4.99 Å². The molecule has 2 atom stereocenters. The summed E-state index contributed by atoms with van der Waals surface area (Å²) in [5.41, 5.74) is 1.31. The molecule has 0 saturated heterocycles. The van der Waals surface area contributed by atoms with E-state index in [-0.39, 0.29) is 0 Å². The standard InChI is InChI=1S/C13H22IN/c1-5-8-12(14)10-13(11(4)7-3)15-9-6-2/h5-6,8-9,11-12H,7,10H2,1-4H3/b8-5-,9-6-,15-13+/t11-,12?/m0/s1. The van der Waals surface area contributed by atoms with E-state index < -0.39 is 0 Å². The van der Waals surface area contributed by atoms with Crippen molar-refractivity contribution in [1.29, 1.82) is 0 Å². The van der Waals surface area contributed by atoms with Crippen LogP contribution in [0.25, 0.3) is 0 Å². The number of allylic oxidation sites excluding steroid dienone is 3. The van der Waals surface area contributed by atoms with E-state index in [1.807, 2.05) is 19.2 Å². The van der Waals surface area contributed by atoms with Crippen LogP contribution in [0.1, 0.15) is 40.5 Å². The summed E-state index contributed by atoms with van der Waals surface area (Å²) < 4.78 is 0.561. The maximum absolute atomic E-state index is 4.53. The number of rotatable bonds is 6. The Morgan fingerprint density at radius 1 is 1.33 bits per heavy atom. The van der Waals surface area contributed by atoms with Gasteiger partial charge in [-0.1, -0.05) is 54.7 Å². The molecule has 15 heavy (non-hydrogen) atoms. The molecular formula is C13H22IN. The molecule has 0 N–H and O–H groups in total. The van der Waals surface area contributed by atoms with E-state index in [0.29, 0.717) is 9.84 Å².